The summed E-state index contributed by atoms with van der Waals surface area (Å²) in [5.41, 5.74) is 3.54. The summed E-state index contributed by atoms with van der Waals surface area (Å²) in [6.45, 7) is 4.24. The molecule has 6 nitrogen and oxygen atoms in total. The summed E-state index contributed by atoms with van der Waals surface area (Å²) < 4.78 is 47.7. The van der Waals surface area contributed by atoms with Gasteiger partial charge >= 0.3 is 12.1 Å². The second-order valence-corrected chi connectivity index (χ2v) is 7.92. The molecule has 0 unspecified atom stereocenters. The maximum atomic E-state index is 12.4. The Morgan fingerprint density at radius 1 is 1.16 bits per heavy atom. The molecular weight excluding hydrogens is 425 g/mol. The zero-order valence-electron chi connectivity index (χ0n) is 17.7. The highest BCUT2D eigenvalue weighted by Gasteiger charge is 2.32. The number of benzene rings is 2. The van der Waals surface area contributed by atoms with Crippen LogP contribution >= 0.6 is 0 Å². The minimum Gasteiger partial charge on any atom is -0.488 e. The number of hydrogen-bond donors (Lipinski definition) is 1. The van der Waals surface area contributed by atoms with Crippen molar-refractivity contribution in [2.75, 3.05) is 19.7 Å². The highest BCUT2D eigenvalue weighted by Crippen LogP contribution is 2.29. The molecular formula is C23H23F3N2O4. The number of nitrogens with zero attached hydrogens (tertiary/aromatic N) is 2. The van der Waals surface area contributed by atoms with Crippen LogP contribution < -0.4 is 9.47 Å². The molecule has 1 N–H and O–H groups in total. The Kier molecular flexibility index (Phi) is 6.94. The Morgan fingerprint density at radius 2 is 1.81 bits per heavy atom. The third-order valence-corrected chi connectivity index (χ3v) is 5.17. The van der Waals surface area contributed by atoms with Crippen LogP contribution in [0.2, 0.25) is 0 Å². The van der Waals surface area contributed by atoms with E-state index < -0.39 is 18.8 Å². The van der Waals surface area contributed by atoms with Crippen molar-refractivity contribution >= 4 is 5.97 Å². The van der Waals surface area contributed by atoms with Gasteiger partial charge in [0.05, 0.1) is 11.5 Å². The lowest BCUT2D eigenvalue weighted by Gasteiger charge is -2.36. The Hall–Kier alpha value is -3.25. The van der Waals surface area contributed by atoms with Gasteiger partial charge in [-0.05, 0) is 48.2 Å². The van der Waals surface area contributed by atoms with Crippen LogP contribution in [0.4, 0.5) is 13.2 Å². The number of aryl methyl sites for hydroxylation is 2. The molecule has 0 bridgehead atoms. The molecule has 0 aliphatic carbocycles. The molecule has 0 atom stereocenters. The molecule has 32 heavy (non-hydrogen) atoms. The van der Waals surface area contributed by atoms with E-state index in [-0.39, 0.29) is 23.8 Å². The Balaban J connectivity index is 1.63. The Bertz CT molecular complexity index is 1020. The molecule has 0 aromatic heterocycles. The van der Waals surface area contributed by atoms with Crippen LogP contribution in [0.1, 0.15) is 27.8 Å². The first-order valence-corrected chi connectivity index (χ1v) is 9.96. The summed E-state index contributed by atoms with van der Waals surface area (Å²) in [5, 5.41) is 18.2. The lowest BCUT2D eigenvalue weighted by atomic mass is 9.98. The number of aliphatic carboxylic acids is 1. The molecule has 0 amide bonds. The summed E-state index contributed by atoms with van der Waals surface area (Å²) in [6.07, 6.45) is -4.48. The van der Waals surface area contributed by atoms with Gasteiger partial charge in [-0.15, -0.1) is 0 Å². The van der Waals surface area contributed by atoms with E-state index in [1.165, 1.54) is 12.1 Å². The fourth-order valence-corrected chi connectivity index (χ4v) is 3.67. The van der Waals surface area contributed by atoms with Crippen LogP contribution in [0.3, 0.4) is 0 Å². The van der Waals surface area contributed by atoms with Crippen LogP contribution in [0.25, 0.3) is 0 Å². The van der Waals surface area contributed by atoms with Gasteiger partial charge in [0.2, 0.25) is 0 Å². The molecule has 1 saturated heterocycles. The standard InChI is InChI=1S/C23H23F3N2O4/c1-14-5-17(9-28-10-19(11-28)22(29)30)6-15(2)21(14)31-12-16-3-4-20(18(7-16)8-27)32-13-23(24,25)26/h3-7,19H,9-13H2,1-2H3,(H,29,30). The number of hydrogen-bond acceptors (Lipinski definition) is 5. The van der Waals surface area contributed by atoms with Gasteiger partial charge in [-0.2, -0.15) is 18.4 Å². The highest BCUT2D eigenvalue weighted by atomic mass is 19.4. The molecule has 1 aliphatic rings. The lowest BCUT2D eigenvalue weighted by molar-refractivity contribution is -0.153. The number of carboxylic acids is 1. The third kappa shape index (κ3) is 5.92. The normalized spacial score (nSPS) is 14.5. The van der Waals surface area contributed by atoms with Gasteiger partial charge < -0.3 is 14.6 Å². The first kappa shape index (κ1) is 23.4. The molecule has 2 aromatic rings. The summed E-state index contributed by atoms with van der Waals surface area (Å²) in [5.74, 6) is -0.502. The summed E-state index contributed by atoms with van der Waals surface area (Å²) in [6, 6.07) is 10.2. The number of rotatable bonds is 8. The number of likely N-dealkylation sites (tertiary alicyclic amines) is 1. The van der Waals surface area contributed by atoms with Crippen LogP contribution in [0, 0.1) is 31.1 Å². The monoisotopic (exact) mass is 448 g/mol. The van der Waals surface area contributed by atoms with Gasteiger partial charge in [-0.3, -0.25) is 9.69 Å². The van der Waals surface area contributed by atoms with Crippen LogP contribution in [-0.2, 0) is 17.9 Å². The van der Waals surface area contributed by atoms with Crippen molar-refractivity contribution in [1.82, 2.24) is 4.90 Å². The van der Waals surface area contributed by atoms with Gasteiger partial charge in [-0.25, -0.2) is 0 Å². The Labute approximate surface area is 183 Å². The zero-order valence-corrected chi connectivity index (χ0v) is 17.7. The highest BCUT2D eigenvalue weighted by molar-refractivity contribution is 5.71. The fraction of sp³-hybridized carbons (Fsp3) is 0.391. The number of alkyl halides is 3. The van der Waals surface area contributed by atoms with Crippen LogP contribution in [-0.4, -0.2) is 41.8 Å². The van der Waals surface area contributed by atoms with E-state index in [9.17, 15) is 23.2 Å². The molecule has 1 heterocycles. The van der Waals surface area contributed by atoms with Gasteiger partial charge in [0.15, 0.2) is 6.61 Å². The molecule has 170 valence electrons. The fourth-order valence-electron chi connectivity index (χ4n) is 3.67. The second kappa shape index (κ2) is 9.49. The Morgan fingerprint density at radius 3 is 2.38 bits per heavy atom. The number of ether oxygens (including phenoxy) is 2. The molecule has 0 saturated carbocycles. The number of carbonyl (C=O) groups is 1. The maximum Gasteiger partial charge on any atom is 0.422 e. The van der Waals surface area contributed by atoms with Crippen molar-refractivity contribution in [3.05, 3.63) is 58.1 Å². The lowest BCUT2D eigenvalue weighted by Crippen LogP contribution is -2.49. The minimum atomic E-state index is -4.48. The van der Waals surface area contributed by atoms with Crippen molar-refractivity contribution in [3.8, 4) is 17.6 Å². The third-order valence-electron chi connectivity index (χ3n) is 5.17. The first-order chi connectivity index (χ1) is 15.1. The predicted molar refractivity (Wildman–Crippen MR) is 109 cm³/mol. The first-order valence-electron chi connectivity index (χ1n) is 9.96. The summed E-state index contributed by atoms with van der Waals surface area (Å²) >= 11 is 0. The number of halogens is 3. The molecule has 1 fully saturated rings. The largest absolute Gasteiger partial charge is 0.488 e. The average Bonchev–Trinajstić information content (AvgIpc) is 2.67. The van der Waals surface area contributed by atoms with Crippen molar-refractivity contribution in [3.63, 3.8) is 0 Å². The molecule has 2 aromatic carbocycles. The molecule has 3 rings (SSSR count). The molecule has 0 radical (unpaired) electrons. The van der Waals surface area contributed by atoms with Crippen molar-refractivity contribution in [2.24, 2.45) is 5.92 Å². The van der Waals surface area contributed by atoms with Crippen molar-refractivity contribution in [2.45, 2.75) is 33.2 Å². The number of nitriles is 1. The van der Waals surface area contributed by atoms with Crippen molar-refractivity contribution < 1.29 is 32.5 Å². The maximum absolute atomic E-state index is 12.4. The van der Waals surface area contributed by atoms with Gasteiger partial charge in [0, 0.05) is 19.6 Å². The van der Waals surface area contributed by atoms with E-state index in [2.05, 4.69) is 4.90 Å². The summed E-state index contributed by atoms with van der Waals surface area (Å²) in [7, 11) is 0. The predicted octanol–water partition coefficient (Wildman–Crippen LogP) is 4.21. The van der Waals surface area contributed by atoms with Crippen LogP contribution in [0.5, 0.6) is 11.5 Å². The van der Waals surface area contributed by atoms with Crippen molar-refractivity contribution in [1.29, 1.82) is 5.26 Å². The summed E-state index contributed by atoms with van der Waals surface area (Å²) in [4.78, 5) is 13.0. The van der Waals surface area contributed by atoms with E-state index in [4.69, 9.17) is 14.6 Å². The smallest absolute Gasteiger partial charge is 0.422 e. The minimum absolute atomic E-state index is 0.00774. The van der Waals surface area contributed by atoms with Gasteiger partial charge in [0.1, 0.15) is 24.2 Å². The molecule has 9 heteroatoms. The van der Waals surface area contributed by atoms with E-state index in [1.54, 1.807) is 6.07 Å². The van der Waals surface area contributed by atoms with E-state index in [0.717, 1.165) is 16.7 Å². The van der Waals surface area contributed by atoms with Gasteiger partial charge in [0.25, 0.3) is 0 Å². The topological polar surface area (TPSA) is 82.8 Å². The molecule has 0 spiro atoms. The van der Waals surface area contributed by atoms with E-state index in [1.807, 2.05) is 32.0 Å². The van der Waals surface area contributed by atoms with Gasteiger partial charge in [-0.1, -0.05) is 18.2 Å². The number of carboxylic acid groups (broad SMARTS) is 1. The SMILES string of the molecule is Cc1cc(CN2CC(C(=O)O)C2)cc(C)c1OCc1ccc(OCC(F)(F)F)c(C#N)c1. The average molecular weight is 448 g/mol. The van der Waals surface area contributed by atoms with E-state index in [0.29, 0.717) is 30.9 Å². The quantitative estimate of drug-likeness (QED) is 0.652. The zero-order chi connectivity index (χ0) is 23.5. The molecule has 1 aliphatic heterocycles. The van der Waals surface area contributed by atoms with E-state index >= 15 is 0 Å². The van der Waals surface area contributed by atoms with Crippen LogP contribution in [0.15, 0.2) is 30.3 Å². The second-order valence-electron chi connectivity index (χ2n) is 7.92.